The van der Waals surface area contributed by atoms with Gasteiger partial charge >= 0.3 is 6.09 Å². The Kier molecular flexibility index (Phi) is 2.86. The highest BCUT2D eigenvalue weighted by molar-refractivity contribution is 5.70. The molecule has 0 aromatic heterocycles. The van der Waals surface area contributed by atoms with Crippen molar-refractivity contribution >= 4 is 6.09 Å². The van der Waals surface area contributed by atoms with Crippen molar-refractivity contribution in [2.45, 2.75) is 45.3 Å². The standard InChI is InChI=1S/C14H19NO2/c1-9-12(17-13(16)15-9)10-5-7-11(8-6-10)14(2,3)4/h5-9,12H,1-4H3,(H,15,16). The maximum Gasteiger partial charge on any atom is 0.408 e. The SMILES string of the molecule is CC1NC(=O)OC1c1ccc(C(C)(C)C)cc1. The van der Waals surface area contributed by atoms with Crippen molar-refractivity contribution in [3.63, 3.8) is 0 Å². The second-order valence-corrected chi connectivity index (χ2v) is 5.63. The first kappa shape index (κ1) is 12.0. The first-order chi connectivity index (χ1) is 7.88. The zero-order valence-electron chi connectivity index (χ0n) is 10.8. The predicted octanol–water partition coefficient (Wildman–Crippen LogP) is 3.15. The van der Waals surface area contributed by atoms with E-state index in [1.165, 1.54) is 5.56 Å². The molecule has 2 rings (SSSR count). The number of carbonyl (C=O) groups excluding carboxylic acids is 1. The van der Waals surface area contributed by atoms with E-state index < -0.39 is 0 Å². The molecule has 0 bridgehead atoms. The lowest BCUT2D eigenvalue weighted by Crippen LogP contribution is -2.23. The van der Waals surface area contributed by atoms with E-state index in [0.29, 0.717) is 0 Å². The third kappa shape index (κ3) is 2.43. The van der Waals surface area contributed by atoms with Crippen molar-refractivity contribution in [3.8, 4) is 0 Å². The second kappa shape index (κ2) is 4.06. The minimum Gasteiger partial charge on any atom is -0.439 e. The molecule has 0 spiro atoms. The smallest absolute Gasteiger partial charge is 0.408 e. The fraction of sp³-hybridized carbons (Fsp3) is 0.500. The number of carbonyl (C=O) groups is 1. The number of rotatable bonds is 1. The molecule has 92 valence electrons. The van der Waals surface area contributed by atoms with Gasteiger partial charge in [0.2, 0.25) is 0 Å². The molecule has 1 aliphatic heterocycles. The Morgan fingerprint density at radius 3 is 2.18 bits per heavy atom. The van der Waals surface area contributed by atoms with Crippen LogP contribution in [0.5, 0.6) is 0 Å². The fourth-order valence-electron chi connectivity index (χ4n) is 2.04. The van der Waals surface area contributed by atoms with Gasteiger partial charge in [-0.25, -0.2) is 4.79 Å². The quantitative estimate of drug-likeness (QED) is 0.809. The predicted molar refractivity (Wildman–Crippen MR) is 67.0 cm³/mol. The maximum atomic E-state index is 11.1. The van der Waals surface area contributed by atoms with Gasteiger partial charge in [0.05, 0.1) is 6.04 Å². The van der Waals surface area contributed by atoms with E-state index in [0.717, 1.165) is 5.56 Å². The van der Waals surface area contributed by atoms with E-state index >= 15 is 0 Å². The molecule has 0 saturated carbocycles. The van der Waals surface area contributed by atoms with Crippen molar-refractivity contribution in [1.82, 2.24) is 5.32 Å². The molecule has 1 amide bonds. The summed E-state index contributed by atoms with van der Waals surface area (Å²) in [5, 5.41) is 2.75. The monoisotopic (exact) mass is 233 g/mol. The van der Waals surface area contributed by atoms with Crippen LogP contribution in [0.1, 0.15) is 44.9 Å². The third-order valence-corrected chi connectivity index (χ3v) is 3.14. The summed E-state index contributed by atoms with van der Waals surface area (Å²) < 4.78 is 5.24. The molecule has 1 aliphatic rings. The molecule has 1 heterocycles. The van der Waals surface area contributed by atoms with Gasteiger partial charge in [-0.3, -0.25) is 0 Å². The van der Waals surface area contributed by atoms with Gasteiger partial charge in [0, 0.05) is 0 Å². The Balaban J connectivity index is 2.21. The van der Waals surface area contributed by atoms with Crippen LogP contribution < -0.4 is 5.32 Å². The number of alkyl carbamates (subject to hydrolysis) is 1. The zero-order chi connectivity index (χ0) is 12.6. The number of benzene rings is 1. The highest BCUT2D eigenvalue weighted by atomic mass is 16.6. The molecule has 1 fully saturated rings. The maximum absolute atomic E-state index is 11.1. The first-order valence-corrected chi connectivity index (χ1v) is 5.95. The number of hydrogen-bond donors (Lipinski definition) is 1. The van der Waals surface area contributed by atoms with Crippen LogP contribution in [-0.4, -0.2) is 12.1 Å². The molecule has 1 aromatic rings. The Bertz CT molecular complexity index is 417. The van der Waals surface area contributed by atoms with Crippen molar-refractivity contribution < 1.29 is 9.53 Å². The van der Waals surface area contributed by atoms with Gasteiger partial charge in [-0.05, 0) is 23.5 Å². The molecule has 0 radical (unpaired) electrons. The molecule has 2 atom stereocenters. The molecule has 3 nitrogen and oxygen atoms in total. The average molecular weight is 233 g/mol. The van der Waals surface area contributed by atoms with Gasteiger partial charge in [0.1, 0.15) is 6.10 Å². The number of ether oxygens (including phenoxy) is 1. The van der Waals surface area contributed by atoms with Gasteiger partial charge in [-0.15, -0.1) is 0 Å². The Morgan fingerprint density at radius 2 is 1.76 bits per heavy atom. The van der Waals surface area contributed by atoms with Crippen molar-refractivity contribution in [2.24, 2.45) is 0 Å². The van der Waals surface area contributed by atoms with E-state index in [1.54, 1.807) is 0 Å². The van der Waals surface area contributed by atoms with E-state index in [4.69, 9.17) is 4.74 Å². The summed E-state index contributed by atoms with van der Waals surface area (Å²) in [7, 11) is 0. The minimum atomic E-state index is -0.331. The highest BCUT2D eigenvalue weighted by Crippen LogP contribution is 2.28. The molecule has 1 saturated heterocycles. The molecule has 3 heteroatoms. The lowest BCUT2D eigenvalue weighted by atomic mass is 9.86. The van der Waals surface area contributed by atoms with Crippen LogP contribution in [0.25, 0.3) is 0 Å². The summed E-state index contributed by atoms with van der Waals surface area (Å²) in [5.74, 6) is 0. The second-order valence-electron chi connectivity index (χ2n) is 5.63. The lowest BCUT2D eigenvalue weighted by molar-refractivity contribution is 0.134. The van der Waals surface area contributed by atoms with Gasteiger partial charge in [0.25, 0.3) is 0 Å². The summed E-state index contributed by atoms with van der Waals surface area (Å²) in [6.07, 6.45) is -0.501. The molecule has 17 heavy (non-hydrogen) atoms. The average Bonchev–Trinajstić information content (AvgIpc) is 2.57. The summed E-state index contributed by atoms with van der Waals surface area (Å²) in [5.41, 5.74) is 2.48. The lowest BCUT2D eigenvalue weighted by Gasteiger charge is -2.20. The summed E-state index contributed by atoms with van der Waals surface area (Å²) in [6.45, 7) is 8.50. The van der Waals surface area contributed by atoms with Crippen LogP contribution in [-0.2, 0) is 10.2 Å². The third-order valence-electron chi connectivity index (χ3n) is 3.14. The zero-order valence-corrected chi connectivity index (χ0v) is 10.8. The van der Waals surface area contributed by atoms with Crippen molar-refractivity contribution in [3.05, 3.63) is 35.4 Å². The largest absolute Gasteiger partial charge is 0.439 e. The van der Waals surface area contributed by atoms with Crippen LogP contribution in [0.2, 0.25) is 0 Å². The molecule has 2 unspecified atom stereocenters. The summed E-state index contributed by atoms with van der Waals surface area (Å²) in [4.78, 5) is 11.1. The van der Waals surface area contributed by atoms with Gasteiger partial charge in [-0.2, -0.15) is 0 Å². The Hall–Kier alpha value is -1.51. The number of nitrogens with one attached hydrogen (secondary N) is 1. The number of cyclic esters (lactones) is 1. The van der Waals surface area contributed by atoms with Crippen molar-refractivity contribution in [1.29, 1.82) is 0 Å². The highest BCUT2D eigenvalue weighted by Gasteiger charge is 2.31. The van der Waals surface area contributed by atoms with E-state index in [1.807, 2.05) is 19.1 Å². The van der Waals surface area contributed by atoms with Gasteiger partial charge in [0.15, 0.2) is 0 Å². The van der Waals surface area contributed by atoms with Crippen LogP contribution in [0.3, 0.4) is 0 Å². The minimum absolute atomic E-state index is 0.0305. The summed E-state index contributed by atoms with van der Waals surface area (Å²) in [6, 6.07) is 8.33. The van der Waals surface area contributed by atoms with Crippen LogP contribution >= 0.6 is 0 Å². The van der Waals surface area contributed by atoms with E-state index in [-0.39, 0.29) is 23.7 Å². The molecule has 1 aromatic carbocycles. The fourth-order valence-corrected chi connectivity index (χ4v) is 2.04. The van der Waals surface area contributed by atoms with Crippen LogP contribution in [0.15, 0.2) is 24.3 Å². The molecular weight excluding hydrogens is 214 g/mol. The normalized spacial score (nSPS) is 24.4. The Morgan fingerprint density at radius 1 is 1.18 bits per heavy atom. The van der Waals surface area contributed by atoms with Crippen molar-refractivity contribution in [2.75, 3.05) is 0 Å². The van der Waals surface area contributed by atoms with E-state index in [2.05, 4.69) is 38.2 Å². The van der Waals surface area contributed by atoms with Crippen LogP contribution in [0, 0.1) is 0 Å². The Labute approximate surface area is 102 Å². The topological polar surface area (TPSA) is 38.3 Å². The van der Waals surface area contributed by atoms with Crippen LogP contribution in [0.4, 0.5) is 4.79 Å². The number of hydrogen-bond acceptors (Lipinski definition) is 2. The van der Waals surface area contributed by atoms with Gasteiger partial charge in [-0.1, -0.05) is 45.0 Å². The molecular formula is C14H19NO2. The van der Waals surface area contributed by atoms with E-state index in [9.17, 15) is 4.79 Å². The molecule has 0 aliphatic carbocycles. The molecule has 1 N–H and O–H groups in total. The number of amides is 1. The summed E-state index contributed by atoms with van der Waals surface area (Å²) >= 11 is 0. The van der Waals surface area contributed by atoms with Gasteiger partial charge < -0.3 is 10.1 Å². The first-order valence-electron chi connectivity index (χ1n) is 5.95.